The lowest BCUT2D eigenvalue weighted by Gasteiger charge is -2.18. The number of hydrogen-bond acceptors (Lipinski definition) is 1. The van der Waals surface area contributed by atoms with Crippen molar-refractivity contribution in [1.82, 2.24) is 0 Å². The molecular weight excluding hydrogens is 593 g/mol. The zero-order valence-electron chi connectivity index (χ0n) is 43.3. The van der Waals surface area contributed by atoms with Gasteiger partial charge < -0.3 is 4.42 Å². The fourth-order valence-electron chi connectivity index (χ4n) is 6.48. The molecular formula is C48H30O. The molecule has 0 radical (unpaired) electrons. The van der Waals surface area contributed by atoms with Crippen molar-refractivity contribution in [3.05, 3.63) is 182 Å². The summed E-state index contributed by atoms with van der Waals surface area (Å²) in [5, 5.41) is 0.996. The molecule has 1 aromatic heterocycles. The lowest BCUT2D eigenvalue weighted by atomic mass is 9.85. The molecule has 0 amide bonds. The minimum Gasteiger partial charge on any atom is -0.455 e. The van der Waals surface area contributed by atoms with Crippen LogP contribution in [0.5, 0.6) is 0 Å². The molecule has 0 aliphatic heterocycles. The minimum atomic E-state index is -0.604. The number of rotatable bonds is 4. The zero-order valence-corrected chi connectivity index (χ0v) is 25.3. The predicted octanol–water partition coefficient (Wildman–Crippen LogP) is 13.7. The molecule has 0 saturated heterocycles. The van der Waals surface area contributed by atoms with Gasteiger partial charge in [0, 0.05) is 16.2 Å². The minimum absolute atomic E-state index is 0.0306. The van der Waals surface area contributed by atoms with Crippen LogP contribution in [0.2, 0.25) is 0 Å². The predicted molar refractivity (Wildman–Crippen MR) is 208 cm³/mol. The van der Waals surface area contributed by atoms with Gasteiger partial charge in [0.1, 0.15) is 11.2 Å². The van der Waals surface area contributed by atoms with Gasteiger partial charge in [-0.2, -0.15) is 0 Å². The van der Waals surface area contributed by atoms with Crippen LogP contribution in [0.3, 0.4) is 0 Å². The Kier molecular flexibility index (Phi) is 3.43. The maximum absolute atomic E-state index is 9.76. The Morgan fingerprint density at radius 1 is 0.347 bits per heavy atom. The van der Waals surface area contributed by atoms with Crippen LogP contribution >= 0.6 is 0 Å². The third-order valence-corrected chi connectivity index (χ3v) is 8.71. The van der Waals surface area contributed by atoms with Crippen molar-refractivity contribution < 1.29 is 29.1 Å². The first kappa shape index (κ1) is 15.2. The quantitative estimate of drug-likeness (QED) is 0.174. The Morgan fingerprint density at radius 3 is 1.53 bits per heavy atom. The molecule has 0 unspecified atom stereocenters. The second-order valence-electron chi connectivity index (χ2n) is 11.4. The van der Waals surface area contributed by atoms with Crippen LogP contribution in [-0.2, 0) is 0 Å². The molecule has 1 heterocycles. The average molecular weight is 641 g/mol. The summed E-state index contributed by atoms with van der Waals surface area (Å²) in [6, 6.07) is 11.3. The summed E-state index contributed by atoms with van der Waals surface area (Å²) in [6.45, 7) is 0. The monoisotopic (exact) mass is 640 g/mol. The molecule has 9 aromatic carbocycles. The summed E-state index contributed by atoms with van der Waals surface area (Å²) in [7, 11) is 0. The van der Waals surface area contributed by atoms with E-state index in [1.165, 1.54) is 24.3 Å². The second-order valence-corrected chi connectivity index (χ2v) is 11.4. The van der Waals surface area contributed by atoms with E-state index in [9.17, 15) is 9.60 Å². The Balaban J connectivity index is 1.23. The van der Waals surface area contributed by atoms with Gasteiger partial charge in [0.2, 0.25) is 0 Å². The summed E-state index contributed by atoms with van der Waals surface area (Å²) < 4.78 is 165. The van der Waals surface area contributed by atoms with Crippen molar-refractivity contribution in [3.63, 3.8) is 0 Å². The highest BCUT2D eigenvalue weighted by atomic mass is 16.3. The van der Waals surface area contributed by atoms with Gasteiger partial charge in [-0.05, 0) is 89.6 Å². The summed E-state index contributed by atoms with van der Waals surface area (Å²) in [4.78, 5) is 0. The van der Waals surface area contributed by atoms with E-state index in [2.05, 4.69) is 0 Å². The standard InChI is InChI=1S/C48H30O/c1-2-10-31(11-3-1)32-18-20-33(21-19-32)34-22-24-36(25-23-34)46-39-14-6-8-16-41(39)47(42-17-9-7-15-40(42)46)37-27-29-45-44(30-37)43-28-26-35-12-4-5-13-38(35)48(43)49-45/h1-30H/i1D,2D,3D,4D,5D,10D,11D,12D,13D,22D,23D,24D,25D,26D,27D,28D,29D,30D. The Hall–Kier alpha value is -6.44. The number of benzene rings is 9. The third kappa shape index (κ3) is 4.47. The zero-order chi connectivity index (χ0) is 48.0. The van der Waals surface area contributed by atoms with Crippen LogP contribution in [0.1, 0.15) is 24.7 Å². The first-order chi connectivity index (χ1) is 31.8. The van der Waals surface area contributed by atoms with Crippen LogP contribution in [0, 0.1) is 0 Å². The van der Waals surface area contributed by atoms with E-state index in [1.807, 2.05) is 0 Å². The van der Waals surface area contributed by atoms with Crippen molar-refractivity contribution >= 4 is 54.3 Å². The average Bonchev–Trinajstić information content (AvgIpc) is 3.73. The molecule has 0 aliphatic carbocycles. The summed E-state index contributed by atoms with van der Waals surface area (Å²) in [5.41, 5.74) is 0.540. The highest BCUT2D eigenvalue weighted by molar-refractivity contribution is 6.22. The topological polar surface area (TPSA) is 13.1 Å². The van der Waals surface area contributed by atoms with Gasteiger partial charge in [-0.3, -0.25) is 0 Å². The third-order valence-electron chi connectivity index (χ3n) is 8.71. The van der Waals surface area contributed by atoms with Crippen LogP contribution in [0.4, 0.5) is 0 Å². The van der Waals surface area contributed by atoms with Gasteiger partial charge in [-0.1, -0.05) is 163 Å². The van der Waals surface area contributed by atoms with Crippen LogP contribution < -0.4 is 0 Å². The van der Waals surface area contributed by atoms with E-state index in [0.29, 0.717) is 38.2 Å². The molecule has 10 rings (SSSR count). The van der Waals surface area contributed by atoms with E-state index in [4.69, 9.17) is 19.5 Å². The lowest BCUT2D eigenvalue weighted by Crippen LogP contribution is -1.91. The SMILES string of the molecule is [2H]c1c([2H])c([2H])c(-c2ccc(-c3c([2H])c([2H])c(-c4c5ccccc5c(-c5c([2H])c([2H])c6oc7c8c([2H])c([2H])c([2H])c([2H])c8c([2H])c([2H])c7c6c5[2H])c5ccccc45)c([2H])c3[2H])cc2)c([2H])c1[2H]. The first-order valence-corrected chi connectivity index (χ1v) is 15.4. The lowest BCUT2D eigenvalue weighted by molar-refractivity contribution is 0.672. The summed E-state index contributed by atoms with van der Waals surface area (Å²) in [6.07, 6.45) is 0. The van der Waals surface area contributed by atoms with E-state index < -0.39 is 78.6 Å². The smallest absolute Gasteiger partial charge is 0.143 e. The van der Waals surface area contributed by atoms with Crippen molar-refractivity contribution in [1.29, 1.82) is 0 Å². The summed E-state index contributed by atoms with van der Waals surface area (Å²) >= 11 is 0. The van der Waals surface area contributed by atoms with Gasteiger partial charge in [0.05, 0.1) is 24.7 Å². The van der Waals surface area contributed by atoms with Crippen LogP contribution in [-0.4, -0.2) is 0 Å². The molecule has 0 N–H and O–H groups in total. The van der Waals surface area contributed by atoms with Gasteiger partial charge in [-0.15, -0.1) is 0 Å². The van der Waals surface area contributed by atoms with Gasteiger partial charge >= 0.3 is 0 Å². The van der Waals surface area contributed by atoms with Crippen molar-refractivity contribution in [2.75, 3.05) is 0 Å². The first-order valence-electron chi connectivity index (χ1n) is 24.4. The summed E-state index contributed by atoms with van der Waals surface area (Å²) in [5.74, 6) is 0. The van der Waals surface area contributed by atoms with Crippen LogP contribution in [0.15, 0.2) is 186 Å². The molecule has 49 heavy (non-hydrogen) atoms. The molecule has 0 fully saturated rings. The molecule has 0 bridgehead atoms. The Labute approximate surface area is 309 Å². The van der Waals surface area contributed by atoms with Crippen LogP contribution in [0.25, 0.3) is 98.8 Å². The normalized spacial score (nSPS) is 16.8. The molecule has 0 atom stereocenters. The van der Waals surface area contributed by atoms with Crippen molar-refractivity contribution in [2.45, 2.75) is 0 Å². The van der Waals surface area contributed by atoms with Crippen molar-refractivity contribution in [3.8, 4) is 44.5 Å². The van der Waals surface area contributed by atoms with Gasteiger partial charge in [0.25, 0.3) is 0 Å². The molecule has 0 aliphatic rings. The fourth-order valence-corrected chi connectivity index (χ4v) is 6.48. The molecule has 0 saturated carbocycles. The molecule has 10 aromatic rings. The van der Waals surface area contributed by atoms with E-state index in [-0.39, 0.29) is 90.7 Å². The Bertz CT molecular complexity index is 3780. The fraction of sp³-hybridized carbons (Fsp3) is 0. The molecule has 1 heteroatoms. The van der Waals surface area contributed by atoms with E-state index in [1.54, 1.807) is 48.5 Å². The molecule has 0 spiro atoms. The maximum Gasteiger partial charge on any atom is 0.143 e. The van der Waals surface area contributed by atoms with Gasteiger partial charge in [0.15, 0.2) is 0 Å². The highest BCUT2D eigenvalue weighted by Crippen LogP contribution is 2.45. The Morgan fingerprint density at radius 2 is 0.878 bits per heavy atom. The number of fused-ring (bicyclic) bond motifs is 7. The van der Waals surface area contributed by atoms with E-state index >= 15 is 0 Å². The molecule has 1 nitrogen and oxygen atoms in total. The highest BCUT2D eigenvalue weighted by Gasteiger charge is 2.18. The maximum atomic E-state index is 9.76. The largest absolute Gasteiger partial charge is 0.455 e. The van der Waals surface area contributed by atoms with Crippen molar-refractivity contribution in [2.24, 2.45) is 0 Å². The number of hydrogen-bond donors (Lipinski definition) is 0. The number of furan rings is 1. The van der Waals surface area contributed by atoms with Gasteiger partial charge in [-0.25, -0.2) is 0 Å². The molecule has 228 valence electrons. The van der Waals surface area contributed by atoms with E-state index in [0.717, 1.165) is 0 Å². The second kappa shape index (κ2) is 11.1.